The molecule has 0 aliphatic carbocycles. The van der Waals surface area contributed by atoms with Gasteiger partial charge in [0.05, 0.1) is 16.5 Å². The lowest BCUT2D eigenvalue weighted by Gasteiger charge is -2.15. The number of carbonyl (C=O) groups excluding carboxylic acids is 2. The minimum absolute atomic E-state index is 0.0568. The van der Waals surface area contributed by atoms with Gasteiger partial charge >= 0.3 is 0 Å². The molecular formula is C10H5Cl3N2O2. The molecule has 0 spiro atoms. The van der Waals surface area contributed by atoms with Crippen LogP contribution in [0.15, 0.2) is 17.2 Å². The molecule has 1 aromatic carbocycles. The van der Waals surface area contributed by atoms with Gasteiger partial charge in [0.25, 0.3) is 5.91 Å². The summed E-state index contributed by atoms with van der Waals surface area (Å²) in [5, 5.41) is 5.61. The summed E-state index contributed by atoms with van der Waals surface area (Å²) in [4.78, 5) is 22.2. The number of hydrogen-bond donors (Lipinski definition) is 0. The first kappa shape index (κ1) is 12.4. The van der Waals surface area contributed by atoms with E-state index in [1.54, 1.807) is 0 Å². The summed E-state index contributed by atoms with van der Waals surface area (Å²) in [7, 11) is 0. The third-order valence-corrected chi connectivity index (χ3v) is 2.92. The highest BCUT2D eigenvalue weighted by atomic mass is 35.5. The van der Waals surface area contributed by atoms with Gasteiger partial charge in [-0.2, -0.15) is 10.1 Å². The fraction of sp³-hybridized carbons (Fsp3) is 0.100. The Hall–Kier alpha value is -1.10. The first-order chi connectivity index (χ1) is 8.02. The molecule has 0 bridgehead atoms. The summed E-state index contributed by atoms with van der Waals surface area (Å²) in [5.41, 5.74) is 0.372. The second-order valence-electron chi connectivity index (χ2n) is 3.31. The smallest absolute Gasteiger partial charge is 0.253 e. The van der Waals surface area contributed by atoms with E-state index in [2.05, 4.69) is 5.10 Å². The zero-order valence-corrected chi connectivity index (χ0v) is 10.6. The van der Waals surface area contributed by atoms with Crippen LogP contribution in [0.25, 0.3) is 0 Å². The van der Waals surface area contributed by atoms with Crippen LogP contribution in [-0.4, -0.2) is 17.9 Å². The first-order valence-corrected chi connectivity index (χ1v) is 5.66. The van der Waals surface area contributed by atoms with Crippen molar-refractivity contribution in [2.45, 2.75) is 6.42 Å². The van der Waals surface area contributed by atoms with E-state index in [1.807, 2.05) is 0 Å². The Morgan fingerprint density at radius 1 is 1.24 bits per heavy atom. The van der Waals surface area contributed by atoms with Crippen molar-refractivity contribution < 1.29 is 9.59 Å². The number of amides is 1. The Labute approximate surface area is 112 Å². The van der Waals surface area contributed by atoms with Gasteiger partial charge in [0.2, 0.25) is 0 Å². The van der Waals surface area contributed by atoms with Crippen molar-refractivity contribution in [3.05, 3.63) is 27.2 Å². The quantitative estimate of drug-likeness (QED) is 0.787. The average molecular weight is 292 g/mol. The van der Waals surface area contributed by atoms with Gasteiger partial charge in [-0.3, -0.25) is 9.59 Å². The zero-order valence-electron chi connectivity index (χ0n) is 8.28. The Bertz CT molecular complexity index is 519. The number of halogens is 3. The number of rotatable bonds is 2. The van der Waals surface area contributed by atoms with Gasteiger partial charge in [-0.15, -0.1) is 0 Å². The lowest BCUT2D eigenvalue weighted by Crippen LogP contribution is -2.20. The summed E-state index contributed by atoms with van der Waals surface area (Å²) in [5.74, 6) is -0.363. The Balaban J connectivity index is 2.51. The predicted molar refractivity (Wildman–Crippen MR) is 67.1 cm³/mol. The second kappa shape index (κ2) is 4.64. The van der Waals surface area contributed by atoms with Crippen LogP contribution in [0.4, 0.5) is 5.69 Å². The Morgan fingerprint density at radius 3 is 2.29 bits per heavy atom. The molecule has 0 atom stereocenters. The fourth-order valence-electron chi connectivity index (χ4n) is 1.43. The minimum Gasteiger partial charge on any atom is -0.296 e. The molecule has 1 heterocycles. The summed E-state index contributed by atoms with van der Waals surface area (Å²) in [6.45, 7) is 0. The summed E-state index contributed by atoms with van der Waals surface area (Å²) in [6.07, 6.45) is 0.467. The number of nitrogens with zero attached hydrogens (tertiary/aromatic N) is 2. The lowest BCUT2D eigenvalue weighted by molar-refractivity contribution is -0.117. The number of benzene rings is 1. The highest BCUT2D eigenvalue weighted by molar-refractivity contribution is 6.43. The number of hydrogen-bond acceptors (Lipinski definition) is 3. The van der Waals surface area contributed by atoms with E-state index in [0.29, 0.717) is 11.3 Å². The van der Waals surface area contributed by atoms with Crippen molar-refractivity contribution in [1.82, 2.24) is 0 Å². The van der Waals surface area contributed by atoms with Crippen LogP contribution in [0.5, 0.6) is 0 Å². The molecule has 0 aromatic heterocycles. The number of aldehydes is 1. The molecule has 1 amide bonds. The number of hydrazone groups is 1. The van der Waals surface area contributed by atoms with Gasteiger partial charge in [-0.05, 0) is 12.1 Å². The largest absolute Gasteiger partial charge is 0.296 e. The maximum absolute atomic E-state index is 11.6. The molecule has 0 fully saturated rings. The van der Waals surface area contributed by atoms with Crippen LogP contribution in [0, 0.1) is 0 Å². The monoisotopic (exact) mass is 290 g/mol. The molecule has 1 aliphatic heterocycles. The van der Waals surface area contributed by atoms with Gasteiger partial charge in [0.15, 0.2) is 6.29 Å². The summed E-state index contributed by atoms with van der Waals surface area (Å²) >= 11 is 17.7. The van der Waals surface area contributed by atoms with Crippen molar-refractivity contribution in [1.29, 1.82) is 0 Å². The predicted octanol–water partition coefficient (Wildman–Crippen LogP) is 2.94. The first-order valence-electron chi connectivity index (χ1n) is 4.53. The van der Waals surface area contributed by atoms with Crippen LogP contribution in [0.3, 0.4) is 0 Å². The molecule has 0 unspecified atom stereocenters. The molecule has 4 nitrogen and oxygen atoms in total. The van der Waals surface area contributed by atoms with E-state index < -0.39 is 0 Å². The van der Waals surface area contributed by atoms with Gasteiger partial charge in [0.1, 0.15) is 11.4 Å². The third-order valence-electron chi connectivity index (χ3n) is 2.13. The molecule has 0 saturated carbocycles. The molecule has 88 valence electrons. The van der Waals surface area contributed by atoms with Gasteiger partial charge < -0.3 is 0 Å². The van der Waals surface area contributed by atoms with Crippen molar-refractivity contribution >= 4 is 58.4 Å². The van der Waals surface area contributed by atoms with E-state index in [4.69, 9.17) is 34.8 Å². The number of carbonyl (C=O) groups is 2. The molecule has 0 saturated heterocycles. The normalized spacial score (nSPS) is 15.1. The fourth-order valence-corrected chi connectivity index (χ4v) is 2.40. The maximum atomic E-state index is 11.6. The van der Waals surface area contributed by atoms with Gasteiger partial charge in [-0.1, -0.05) is 34.8 Å². The van der Waals surface area contributed by atoms with Crippen LogP contribution in [0.1, 0.15) is 6.42 Å². The minimum atomic E-state index is -0.363. The summed E-state index contributed by atoms with van der Waals surface area (Å²) < 4.78 is 0. The van der Waals surface area contributed by atoms with E-state index >= 15 is 0 Å². The summed E-state index contributed by atoms with van der Waals surface area (Å²) in [6, 6.07) is 2.90. The van der Waals surface area contributed by atoms with E-state index in [-0.39, 0.29) is 33.8 Å². The average Bonchev–Trinajstić information content (AvgIpc) is 2.59. The highest BCUT2D eigenvalue weighted by Gasteiger charge is 2.28. The standard InChI is InChI=1S/C10H5Cl3N2O2/c11-5-1-7(12)10(8(13)2-5)15-9(17)3-6(4-16)14-15/h1-2,4H,3H2. The Kier molecular flexibility index (Phi) is 3.38. The van der Waals surface area contributed by atoms with Gasteiger partial charge in [0, 0.05) is 5.02 Å². The van der Waals surface area contributed by atoms with Crippen LogP contribution >= 0.6 is 34.8 Å². The molecule has 1 aliphatic rings. The zero-order chi connectivity index (χ0) is 12.6. The second-order valence-corrected chi connectivity index (χ2v) is 4.56. The van der Waals surface area contributed by atoms with Crippen molar-refractivity contribution in [3.8, 4) is 0 Å². The SMILES string of the molecule is O=CC1=NN(c2c(Cl)cc(Cl)cc2Cl)C(=O)C1. The topological polar surface area (TPSA) is 49.7 Å². The molecule has 7 heteroatoms. The van der Waals surface area contributed by atoms with Crippen molar-refractivity contribution in [2.75, 3.05) is 5.01 Å². The van der Waals surface area contributed by atoms with Crippen molar-refractivity contribution in [2.24, 2.45) is 5.10 Å². The van der Waals surface area contributed by atoms with Crippen LogP contribution in [-0.2, 0) is 9.59 Å². The molecule has 2 rings (SSSR count). The molecule has 17 heavy (non-hydrogen) atoms. The van der Waals surface area contributed by atoms with E-state index in [0.717, 1.165) is 5.01 Å². The Morgan fingerprint density at radius 2 is 1.82 bits per heavy atom. The van der Waals surface area contributed by atoms with Gasteiger partial charge in [-0.25, -0.2) is 0 Å². The lowest BCUT2D eigenvalue weighted by atomic mass is 10.2. The molecule has 0 N–H and O–H groups in total. The van der Waals surface area contributed by atoms with Crippen molar-refractivity contribution in [3.63, 3.8) is 0 Å². The third kappa shape index (κ3) is 2.29. The van der Waals surface area contributed by atoms with Crippen LogP contribution < -0.4 is 5.01 Å². The van der Waals surface area contributed by atoms with Crippen LogP contribution in [0.2, 0.25) is 15.1 Å². The van der Waals surface area contributed by atoms with E-state index in [9.17, 15) is 9.59 Å². The maximum Gasteiger partial charge on any atom is 0.253 e. The number of anilines is 1. The molecule has 1 aromatic rings. The van der Waals surface area contributed by atoms with E-state index in [1.165, 1.54) is 12.1 Å². The highest BCUT2D eigenvalue weighted by Crippen LogP contribution is 2.38. The molecule has 0 radical (unpaired) electrons. The molecular weight excluding hydrogens is 286 g/mol.